The first kappa shape index (κ1) is 12.6. The lowest BCUT2D eigenvalue weighted by molar-refractivity contribution is 0.533. The van der Waals surface area contributed by atoms with Crippen LogP contribution in [-0.4, -0.2) is 9.38 Å². The van der Waals surface area contributed by atoms with Gasteiger partial charge < -0.3 is 4.42 Å². The zero-order chi connectivity index (χ0) is 14.2. The number of fused-ring (bicyclic) bond motifs is 2. The molecule has 1 atom stereocenters. The first-order valence-corrected chi connectivity index (χ1v) is 7.56. The lowest BCUT2D eigenvalue weighted by Crippen LogP contribution is -2.29. The number of thiazole rings is 1. The highest BCUT2D eigenvalue weighted by molar-refractivity contribution is 7.15. The summed E-state index contributed by atoms with van der Waals surface area (Å²) in [6.07, 6.45) is 6.54. The molecular formula is C15H14N4OS. The summed E-state index contributed by atoms with van der Waals surface area (Å²) in [6.45, 7) is 0. The molecule has 6 heteroatoms. The van der Waals surface area contributed by atoms with E-state index in [1.54, 1.807) is 17.6 Å². The molecule has 3 aromatic heterocycles. The first-order chi connectivity index (χ1) is 10.3. The average molecular weight is 298 g/mol. The van der Waals surface area contributed by atoms with Gasteiger partial charge in [0, 0.05) is 35.1 Å². The van der Waals surface area contributed by atoms with Gasteiger partial charge in [-0.1, -0.05) is 18.2 Å². The molecule has 4 aromatic rings. The van der Waals surface area contributed by atoms with Gasteiger partial charge in [-0.2, -0.15) is 0 Å². The maximum absolute atomic E-state index is 5.75. The van der Waals surface area contributed by atoms with Crippen LogP contribution in [-0.2, 0) is 6.42 Å². The van der Waals surface area contributed by atoms with E-state index in [2.05, 4.69) is 10.4 Å². The normalized spacial score (nSPS) is 13.2. The molecule has 0 aliphatic carbocycles. The molecule has 0 aliphatic rings. The minimum atomic E-state index is -0.0294. The van der Waals surface area contributed by atoms with Crippen molar-refractivity contribution in [2.75, 3.05) is 0 Å². The molecule has 0 radical (unpaired) electrons. The van der Waals surface area contributed by atoms with Crippen molar-refractivity contribution < 1.29 is 4.42 Å². The van der Waals surface area contributed by atoms with Crippen molar-refractivity contribution in [2.45, 2.75) is 12.5 Å². The van der Waals surface area contributed by atoms with E-state index in [1.165, 1.54) is 0 Å². The second-order valence-corrected chi connectivity index (χ2v) is 5.81. The van der Waals surface area contributed by atoms with E-state index < -0.39 is 0 Å². The van der Waals surface area contributed by atoms with Crippen LogP contribution in [0.2, 0.25) is 0 Å². The molecule has 5 nitrogen and oxygen atoms in total. The van der Waals surface area contributed by atoms with Crippen molar-refractivity contribution in [3.63, 3.8) is 0 Å². The van der Waals surface area contributed by atoms with E-state index in [1.807, 2.05) is 46.4 Å². The van der Waals surface area contributed by atoms with Gasteiger partial charge in [0.2, 0.25) is 0 Å². The number of hydrogen-bond acceptors (Lipinski definition) is 5. The Bertz CT molecular complexity index is 863. The number of para-hydroxylation sites is 1. The Morgan fingerprint density at radius 3 is 3.14 bits per heavy atom. The maximum atomic E-state index is 5.75. The summed E-state index contributed by atoms with van der Waals surface area (Å²) >= 11 is 1.62. The Hall–Kier alpha value is -2.15. The molecule has 0 spiro atoms. The molecule has 21 heavy (non-hydrogen) atoms. The highest BCUT2D eigenvalue weighted by Crippen LogP contribution is 2.28. The number of furan rings is 1. The van der Waals surface area contributed by atoms with E-state index in [4.69, 9.17) is 10.3 Å². The monoisotopic (exact) mass is 298 g/mol. The van der Waals surface area contributed by atoms with Gasteiger partial charge in [-0.05, 0) is 6.07 Å². The standard InChI is InChI=1S/C15H14N4OS/c16-18-13(7-10-8-19-5-6-21-15(19)17-10)12-9-20-14-4-2-1-3-11(12)14/h1-6,8-9,13,18H,7,16H2. The van der Waals surface area contributed by atoms with Gasteiger partial charge in [0.15, 0.2) is 4.96 Å². The average Bonchev–Trinajstić information content (AvgIpc) is 3.18. The lowest BCUT2D eigenvalue weighted by Gasteiger charge is -2.13. The summed E-state index contributed by atoms with van der Waals surface area (Å²) in [6, 6.07) is 7.94. The number of hydrazine groups is 1. The Morgan fingerprint density at radius 2 is 2.29 bits per heavy atom. The predicted molar refractivity (Wildman–Crippen MR) is 83.1 cm³/mol. The van der Waals surface area contributed by atoms with Crippen LogP contribution in [0.25, 0.3) is 15.9 Å². The first-order valence-electron chi connectivity index (χ1n) is 6.68. The fraction of sp³-hybridized carbons (Fsp3) is 0.133. The third-order valence-corrected chi connectivity index (χ3v) is 4.41. The number of benzene rings is 1. The fourth-order valence-corrected chi connectivity index (χ4v) is 3.33. The fourth-order valence-electron chi connectivity index (χ4n) is 2.61. The zero-order valence-corrected chi connectivity index (χ0v) is 12.0. The summed E-state index contributed by atoms with van der Waals surface area (Å²) in [7, 11) is 0. The minimum Gasteiger partial charge on any atom is -0.464 e. The highest BCUT2D eigenvalue weighted by Gasteiger charge is 2.18. The van der Waals surface area contributed by atoms with Crippen molar-refractivity contribution in [3.05, 3.63) is 59.6 Å². The van der Waals surface area contributed by atoms with Crippen LogP contribution in [0.1, 0.15) is 17.3 Å². The molecule has 1 unspecified atom stereocenters. The van der Waals surface area contributed by atoms with E-state index in [9.17, 15) is 0 Å². The molecule has 3 heterocycles. The largest absolute Gasteiger partial charge is 0.464 e. The molecule has 0 fully saturated rings. The summed E-state index contributed by atoms with van der Waals surface area (Å²) in [5, 5.41) is 3.11. The third-order valence-electron chi connectivity index (χ3n) is 3.64. The summed E-state index contributed by atoms with van der Waals surface area (Å²) in [4.78, 5) is 5.60. The van der Waals surface area contributed by atoms with E-state index in [0.717, 1.165) is 27.2 Å². The topological polar surface area (TPSA) is 68.5 Å². The second-order valence-electron chi connectivity index (χ2n) is 4.94. The van der Waals surface area contributed by atoms with Gasteiger partial charge in [-0.15, -0.1) is 11.3 Å². The smallest absolute Gasteiger partial charge is 0.193 e. The van der Waals surface area contributed by atoms with Crippen LogP contribution in [0.3, 0.4) is 0 Å². The molecule has 3 N–H and O–H groups in total. The molecular weight excluding hydrogens is 284 g/mol. The minimum absolute atomic E-state index is 0.0294. The number of nitrogens with zero attached hydrogens (tertiary/aromatic N) is 2. The Kier molecular flexibility index (Phi) is 2.99. The van der Waals surface area contributed by atoms with E-state index in [-0.39, 0.29) is 6.04 Å². The summed E-state index contributed by atoms with van der Waals surface area (Å²) < 4.78 is 7.62. The number of rotatable bonds is 4. The molecule has 0 aliphatic heterocycles. The van der Waals surface area contributed by atoms with Crippen molar-refractivity contribution >= 4 is 27.3 Å². The number of hydrogen-bond donors (Lipinski definition) is 2. The van der Waals surface area contributed by atoms with Crippen LogP contribution in [0.4, 0.5) is 0 Å². The Labute approximate surface area is 125 Å². The van der Waals surface area contributed by atoms with Crippen molar-refractivity contribution in [3.8, 4) is 0 Å². The number of imidazole rings is 1. The molecule has 106 valence electrons. The SMILES string of the molecule is NNC(Cc1cn2ccsc2n1)c1coc2ccccc12. The van der Waals surface area contributed by atoms with Crippen molar-refractivity contribution in [2.24, 2.45) is 5.84 Å². The molecule has 0 bridgehead atoms. The van der Waals surface area contributed by atoms with Crippen LogP contribution >= 0.6 is 11.3 Å². The quantitative estimate of drug-likeness (QED) is 0.449. The van der Waals surface area contributed by atoms with Crippen LogP contribution < -0.4 is 11.3 Å². The number of nitrogens with one attached hydrogen (secondary N) is 1. The molecule has 4 rings (SSSR count). The summed E-state index contributed by atoms with van der Waals surface area (Å²) in [5.41, 5.74) is 5.82. The van der Waals surface area contributed by atoms with Gasteiger partial charge in [-0.3, -0.25) is 15.7 Å². The van der Waals surface area contributed by atoms with Crippen LogP contribution in [0.15, 0.2) is 52.7 Å². The van der Waals surface area contributed by atoms with Gasteiger partial charge in [0.05, 0.1) is 18.0 Å². The van der Waals surface area contributed by atoms with Gasteiger partial charge in [0.25, 0.3) is 0 Å². The van der Waals surface area contributed by atoms with Crippen molar-refractivity contribution in [1.29, 1.82) is 0 Å². The van der Waals surface area contributed by atoms with Gasteiger partial charge in [0.1, 0.15) is 5.58 Å². The second kappa shape index (κ2) is 5.00. The molecule has 1 aromatic carbocycles. The lowest BCUT2D eigenvalue weighted by atomic mass is 10.0. The molecule has 0 saturated heterocycles. The van der Waals surface area contributed by atoms with E-state index >= 15 is 0 Å². The Balaban J connectivity index is 1.69. The number of nitrogens with two attached hydrogens (primary N) is 1. The predicted octanol–water partition coefficient (Wildman–Crippen LogP) is 2.89. The summed E-state index contributed by atoms with van der Waals surface area (Å²) in [5.74, 6) is 5.75. The number of aromatic nitrogens is 2. The molecule has 0 saturated carbocycles. The van der Waals surface area contributed by atoms with Crippen molar-refractivity contribution in [1.82, 2.24) is 14.8 Å². The van der Waals surface area contributed by atoms with Crippen LogP contribution in [0.5, 0.6) is 0 Å². The zero-order valence-electron chi connectivity index (χ0n) is 11.2. The molecule has 0 amide bonds. The van der Waals surface area contributed by atoms with Gasteiger partial charge in [-0.25, -0.2) is 4.98 Å². The van der Waals surface area contributed by atoms with Crippen LogP contribution in [0, 0.1) is 0 Å². The van der Waals surface area contributed by atoms with Gasteiger partial charge >= 0.3 is 0 Å². The van der Waals surface area contributed by atoms with E-state index in [0.29, 0.717) is 6.42 Å². The Morgan fingerprint density at radius 1 is 1.38 bits per heavy atom. The third kappa shape index (κ3) is 2.13. The maximum Gasteiger partial charge on any atom is 0.193 e. The highest BCUT2D eigenvalue weighted by atomic mass is 32.1.